The van der Waals surface area contributed by atoms with Gasteiger partial charge in [0.2, 0.25) is 0 Å². The second-order valence-electron chi connectivity index (χ2n) is 4.46. The monoisotopic (exact) mass is 273 g/mol. The Hall–Kier alpha value is -2.50. The fourth-order valence-electron chi connectivity index (χ4n) is 1.95. The number of carbonyl (C=O) groups excluding carboxylic acids is 1. The van der Waals surface area contributed by atoms with Crippen molar-refractivity contribution in [2.24, 2.45) is 5.73 Å². The third-order valence-electron chi connectivity index (χ3n) is 2.87. The predicted molar refractivity (Wildman–Crippen MR) is 79.5 cm³/mol. The number of hydrogen-bond donors (Lipinski definition) is 3. The highest BCUT2D eigenvalue weighted by atomic mass is 16.2. The third-order valence-corrected chi connectivity index (χ3v) is 2.87. The lowest BCUT2D eigenvalue weighted by Crippen LogP contribution is -2.19. The maximum absolute atomic E-state index is 10.7. The molecule has 1 aromatic heterocycles. The number of nitrogens with one attached hydrogen (secondary N) is 2. The van der Waals surface area contributed by atoms with Crippen LogP contribution in [0.15, 0.2) is 36.7 Å². The van der Waals surface area contributed by atoms with Crippen molar-refractivity contribution in [2.45, 2.75) is 26.4 Å². The summed E-state index contributed by atoms with van der Waals surface area (Å²) in [6, 6.07) is 6.81. The maximum atomic E-state index is 10.7. The van der Waals surface area contributed by atoms with Crippen molar-refractivity contribution < 1.29 is 4.79 Å². The van der Waals surface area contributed by atoms with Crippen LogP contribution < -0.4 is 16.4 Å². The molecule has 0 radical (unpaired) electrons. The Morgan fingerprint density at radius 1 is 1.30 bits per heavy atom. The van der Waals surface area contributed by atoms with Crippen LogP contribution in [0, 0.1) is 0 Å². The van der Waals surface area contributed by atoms with Crippen LogP contribution in [-0.4, -0.2) is 15.6 Å². The first-order chi connectivity index (χ1) is 9.69. The first kappa shape index (κ1) is 13.9. The van der Waals surface area contributed by atoms with Gasteiger partial charge in [0, 0.05) is 30.3 Å². The molecular formula is C14H19N5O. The van der Waals surface area contributed by atoms with Gasteiger partial charge in [-0.25, -0.2) is 9.78 Å². The van der Waals surface area contributed by atoms with E-state index in [0.29, 0.717) is 12.2 Å². The highest BCUT2D eigenvalue weighted by Crippen LogP contribution is 2.14. The van der Waals surface area contributed by atoms with Crippen LogP contribution in [0.2, 0.25) is 0 Å². The minimum atomic E-state index is -0.563. The number of nitrogens with zero attached hydrogens (tertiary/aromatic N) is 2. The molecule has 1 heterocycles. The van der Waals surface area contributed by atoms with E-state index in [1.165, 1.54) is 0 Å². The molecule has 0 fully saturated rings. The Morgan fingerprint density at radius 3 is 2.65 bits per heavy atom. The van der Waals surface area contributed by atoms with E-state index in [1.54, 1.807) is 12.1 Å². The molecule has 0 aliphatic carbocycles. The van der Waals surface area contributed by atoms with E-state index in [9.17, 15) is 4.79 Å². The summed E-state index contributed by atoms with van der Waals surface area (Å²) >= 11 is 0. The fourth-order valence-corrected chi connectivity index (χ4v) is 1.95. The molecule has 1 aromatic carbocycles. The van der Waals surface area contributed by atoms with E-state index < -0.39 is 6.03 Å². The Labute approximate surface area is 118 Å². The first-order valence-electron chi connectivity index (χ1n) is 6.59. The van der Waals surface area contributed by atoms with Gasteiger partial charge < -0.3 is 20.9 Å². The summed E-state index contributed by atoms with van der Waals surface area (Å²) in [6.45, 7) is 3.77. The molecule has 0 unspecified atom stereocenters. The fraction of sp³-hybridized carbons (Fsp3) is 0.286. The summed E-state index contributed by atoms with van der Waals surface area (Å²) in [5, 5.41) is 5.82. The second-order valence-corrected chi connectivity index (χ2v) is 4.46. The summed E-state index contributed by atoms with van der Waals surface area (Å²) in [5.41, 5.74) is 6.69. The molecule has 106 valence electrons. The largest absolute Gasteiger partial charge is 0.378 e. The third kappa shape index (κ3) is 3.74. The minimum Gasteiger partial charge on any atom is -0.378 e. The van der Waals surface area contributed by atoms with Gasteiger partial charge in [-0.2, -0.15) is 0 Å². The first-order valence-corrected chi connectivity index (χ1v) is 6.59. The minimum absolute atomic E-state index is 0.563. The summed E-state index contributed by atoms with van der Waals surface area (Å²) in [5.74, 6) is 1.01. The maximum Gasteiger partial charge on any atom is 0.316 e. The molecule has 4 N–H and O–H groups in total. The molecule has 2 amide bonds. The van der Waals surface area contributed by atoms with Crippen LogP contribution in [0.3, 0.4) is 0 Å². The molecule has 2 aromatic rings. The average molecular weight is 273 g/mol. The van der Waals surface area contributed by atoms with Crippen LogP contribution in [0.25, 0.3) is 0 Å². The Bertz CT molecular complexity index is 561. The average Bonchev–Trinajstić information content (AvgIpc) is 2.85. The van der Waals surface area contributed by atoms with Gasteiger partial charge in [-0.05, 0) is 30.7 Å². The van der Waals surface area contributed by atoms with Crippen molar-refractivity contribution in [2.75, 3.05) is 10.6 Å². The van der Waals surface area contributed by atoms with Gasteiger partial charge in [-0.15, -0.1) is 0 Å². The molecular weight excluding hydrogens is 254 g/mol. The highest BCUT2D eigenvalue weighted by molar-refractivity contribution is 5.87. The predicted octanol–water partition coefficient (Wildman–Crippen LogP) is 2.40. The number of urea groups is 1. The zero-order valence-corrected chi connectivity index (χ0v) is 11.5. The number of anilines is 2. The normalized spacial score (nSPS) is 10.2. The van der Waals surface area contributed by atoms with Crippen LogP contribution in [0.4, 0.5) is 16.2 Å². The lowest BCUT2D eigenvalue weighted by molar-refractivity contribution is 0.259. The van der Waals surface area contributed by atoms with Crippen molar-refractivity contribution in [1.82, 2.24) is 9.55 Å². The van der Waals surface area contributed by atoms with Crippen LogP contribution in [-0.2, 0) is 13.1 Å². The molecule has 6 nitrogen and oxygen atoms in total. The Morgan fingerprint density at radius 2 is 2.00 bits per heavy atom. The number of hydrogen-bond acceptors (Lipinski definition) is 3. The molecule has 6 heteroatoms. The molecule has 0 saturated heterocycles. The van der Waals surface area contributed by atoms with E-state index in [2.05, 4.69) is 27.1 Å². The molecule has 20 heavy (non-hydrogen) atoms. The van der Waals surface area contributed by atoms with Crippen molar-refractivity contribution in [3.63, 3.8) is 0 Å². The van der Waals surface area contributed by atoms with E-state index in [0.717, 1.165) is 24.5 Å². The molecule has 2 rings (SSSR count). The van der Waals surface area contributed by atoms with E-state index in [-0.39, 0.29) is 0 Å². The second kappa shape index (κ2) is 6.60. The van der Waals surface area contributed by atoms with E-state index in [1.807, 2.05) is 24.5 Å². The molecule has 0 spiro atoms. The number of carbonyl (C=O) groups is 1. The topological polar surface area (TPSA) is 85.0 Å². The van der Waals surface area contributed by atoms with Gasteiger partial charge in [-0.1, -0.05) is 6.92 Å². The molecule has 0 aliphatic heterocycles. The lowest BCUT2D eigenvalue weighted by Gasteiger charge is -2.09. The number of benzene rings is 1. The summed E-state index contributed by atoms with van der Waals surface area (Å²) in [4.78, 5) is 15.1. The zero-order valence-electron chi connectivity index (χ0n) is 11.5. The lowest BCUT2D eigenvalue weighted by atomic mass is 10.3. The molecule has 0 aliphatic rings. The number of aryl methyl sites for hydroxylation is 1. The number of aromatic nitrogens is 2. The van der Waals surface area contributed by atoms with Crippen LogP contribution >= 0.6 is 0 Å². The number of nitrogens with two attached hydrogens (primary N) is 1. The van der Waals surface area contributed by atoms with Crippen molar-refractivity contribution in [1.29, 1.82) is 0 Å². The zero-order chi connectivity index (χ0) is 14.4. The van der Waals surface area contributed by atoms with Gasteiger partial charge >= 0.3 is 6.03 Å². The Kier molecular flexibility index (Phi) is 4.60. The summed E-state index contributed by atoms with van der Waals surface area (Å²) in [7, 11) is 0. The van der Waals surface area contributed by atoms with Crippen molar-refractivity contribution >= 4 is 17.4 Å². The quantitative estimate of drug-likeness (QED) is 0.755. The highest BCUT2D eigenvalue weighted by Gasteiger charge is 2.02. The van der Waals surface area contributed by atoms with Gasteiger partial charge in [0.25, 0.3) is 0 Å². The van der Waals surface area contributed by atoms with Gasteiger partial charge in [-0.3, -0.25) is 0 Å². The smallest absolute Gasteiger partial charge is 0.316 e. The summed E-state index contributed by atoms with van der Waals surface area (Å²) < 4.78 is 2.13. The standard InChI is InChI=1S/C14H19N5O/c1-2-8-19-9-7-16-13(19)10-17-11-3-5-12(6-4-11)18-14(15)20/h3-7,9,17H,2,8,10H2,1H3,(H3,15,18,20). The molecule has 0 bridgehead atoms. The SMILES string of the molecule is CCCn1ccnc1CNc1ccc(NC(N)=O)cc1. The van der Waals surface area contributed by atoms with Gasteiger partial charge in [0.15, 0.2) is 0 Å². The van der Waals surface area contributed by atoms with E-state index >= 15 is 0 Å². The van der Waals surface area contributed by atoms with Gasteiger partial charge in [0.1, 0.15) is 5.82 Å². The number of rotatable bonds is 6. The van der Waals surface area contributed by atoms with Gasteiger partial charge in [0.05, 0.1) is 6.54 Å². The Balaban J connectivity index is 1.93. The van der Waals surface area contributed by atoms with Crippen molar-refractivity contribution in [3.8, 4) is 0 Å². The summed E-state index contributed by atoms with van der Waals surface area (Å²) in [6.07, 6.45) is 4.88. The molecule has 0 atom stereocenters. The van der Waals surface area contributed by atoms with E-state index in [4.69, 9.17) is 5.73 Å². The van der Waals surface area contributed by atoms with Crippen molar-refractivity contribution in [3.05, 3.63) is 42.5 Å². The van der Waals surface area contributed by atoms with Crippen LogP contribution in [0.5, 0.6) is 0 Å². The molecule has 0 saturated carbocycles. The number of primary amides is 1. The number of imidazole rings is 1. The number of amides is 2. The van der Waals surface area contributed by atoms with Crippen LogP contribution in [0.1, 0.15) is 19.2 Å².